The van der Waals surface area contributed by atoms with Gasteiger partial charge in [0.15, 0.2) is 0 Å². The Balaban J connectivity index is 2.02. The first-order valence-electron chi connectivity index (χ1n) is 6.31. The zero-order valence-corrected chi connectivity index (χ0v) is 11.2. The van der Waals surface area contributed by atoms with Gasteiger partial charge in [-0.3, -0.25) is 9.59 Å². The summed E-state index contributed by atoms with van der Waals surface area (Å²) in [4.78, 5) is 23.3. The van der Waals surface area contributed by atoms with Gasteiger partial charge in [0.1, 0.15) is 0 Å². The molecule has 0 aromatic heterocycles. The molecule has 0 saturated heterocycles. The van der Waals surface area contributed by atoms with Crippen molar-refractivity contribution in [3.8, 4) is 0 Å². The number of carboxylic acids is 1. The second kappa shape index (κ2) is 5.61. The van der Waals surface area contributed by atoms with Crippen LogP contribution in [0.1, 0.15) is 36.0 Å². The summed E-state index contributed by atoms with van der Waals surface area (Å²) in [7, 11) is 0. The predicted octanol–water partition coefficient (Wildman–Crippen LogP) is 2.71. The standard InChI is InChI=1S/C14H16ClNO3/c15-11-5-3-4-10(8-11)12(17)16-9-14(13(18)19)6-1-2-7-14/h3-5,8H,1-2,6-7,9H2,(H,16,17)(H,18,19). The first-order chi connectivity index (χ1) is 9.03. The van der Waals surface area contributed by atoms with Gasteiger partial charge in [0.05, 0.1) is 5.41 Å². The molecule has 1 saturated carbocycles. The smallest absolute Gasteiger partial charge is 0.311 e. The average molecular weight is 282 g/mol. The molecule has 0 spiro atoms. The van der Waals surface area contributed by atoms with Gasteiger partial charge in [-0.1, -0.05) is 30.5 Å². The van der Waals surface area contributed by atoms with E-state index in [9.17, 15) is 14.7 Å². The largest absolute Gasteiger partial charge is 0.481 e. The van der Waals surface area contributed by atoms with Crippen LogP contribution in [0.5, 0.6) is 0 Å². The van der Waals surface area contributed by atoms with Crippen molar-refractivity contribution in [2.75, 3.05) is 6.54 Å². The van der Waals surface area contributed by atoms with Gasteiger partial charge in [-0.05, 0) is 31.0 Å². The predicted molar refractivity (Wildman–Crippen MR) is 72.3 cm³/mol. The van der Waals surface area contributed by atoms with Crippen LogP contribution >= 0.6 is 11.6 Å². The maximum atomic E-state index is 12.0. The van der Waals surface area contributed by atoms with E-state index in [0.29, 0.717) is 23.4 Å². The molecule has 1 aliphatic carbocycles. The summed E-state index contributed by atoms with van der Waals surface area (Å²) < 4.78 is 0. The van der Waals surface area contributed by atoms with Gasteiger partial charge >= 0.3 is 5.97 Å². The van der Waals surface area contributed by atoms with Crippen LogP contribution in [-0.2, 0) is 4.79 Å². The van der Waals surface area contributed by atoms with Crippen molar-refractivity contribution in [3.63, 3.8) is 0 Å². The van der Waals surface area contributed by atoms with Crippen molar-refractivity contribution in [2.24, 2.45) is 5.41 Å². The normalized spacial score (nSPS) is 17.1. The molecule has 0 radical (unpaired) electrons. The number of nitrogens with one attached hydrogen (secondary N) is 1. The maximum absolute atomic E-state index is 12.0. The van der Waals surface area contributed by atoms with E-state index >= 15 is 0 Å². The summed E-state index contributed by atoms with van der Waals surface area (Å²) in [6.45, 7) is 0.174. The Labute approximate surface area is 116 Å². The second-order valence-corrected chi connectivity index (χ2v) is 5.42. The highest BCUT2D eigenvalue weighted by molar-refractivity contribution is 6.30. The molecule has 0 atom stereocenters. The molecule has 0 unspecified atom stereocenters. The molecule has 0 aliphatic heterocycles. The van der Waals surface area contributed by atoms with Crippen molar-refractivity contribution < 1.29 is 14.7 Å². The molecule has 1 aromatic rings. The number of hydrogen-bond donors (Lipinski definition) is 2. The summed E-state index contributed by atoms with van der Waals surface area (Å²) in [5.74, 6) is -1.11. The molecule has 4 nitrogen and oxygen atoms in total. The van der Waals surface area contributed by atoms with Crippen molar-refractivity contribution in [2.45, 2.75) is 25.7 Å². The lowest BCUT2D eigenvalue weighted by Gasteiger charge is -2.23. The highest BCUT2D eigenvalue weighted by atomic mass is 35.5. The Hall–Kier alpha value is -1.55. The molecular formula is C14H16ClNO3. The topological polar surface area (TPSA) is 66.4 Å². The lowest BCUT2D eigenvalue weighted by atomic mass is 9.86. The molecule has 102 valence electrons. The molecule has 0 bridgehead atoms. The zero-order valence-electron chi connectivity index (χ0n) is 10.5. The quantitative estimate of drug-likeness (QED) is 0.892. The van der Waals surface area contributed by atoms with Gasteiger partial charge in [-0.15, -0.1) is 0 Å². The first-order valence-corrected chi connectivity index (χ1v) is 6.68. The zero-order chi connectivity index (χ0) is 13.9. The molecule has 5 heteroatoms. The molecular weight excluding hydrogens is 266 g/mol. The number of halogens is 1. The second-order valence-electron chi connectivity index (χ2n) is 4.99. The number of benzene rings is 1. The van der Waals surface area contributed by atoms with E-state index in [0.717, 1.165) is 12.8 Å². The minimum absolute atomic E-state index is 0.174. The number of carboxylic acid groups (broad SMARTS) is 1. The van der Waals surface area contributed by atoms with Crippen LogP contribution in [0.4, 0.5) is 0 Å². The number of carbonyl (C=O) groups is 2. The number of aliphatic carboxylic acids is 1. The summed E-state index contributed by atoms with van der Waals surface area (Å²) in [6.07, 6.45) is 3.05. The van der Waals surface area contributed by atoms with Gasteiger partial charge in [-0.25, -0.2) is 0 Å². The molecule has 0 heterocycles. The summed E-state index contributed by atoms with van der Waals surface area (Å²) >= 11 is 5.82. The van der Waals surface area contributed by atoms with Crippen LogP contribution < -0.4 is 5.32 Å². The molecule has 19 heavy (non-hydrogen) atoms. The third kappa shape index (κ3) is 3.07. The Bertz CT molecular complexity index is 495. The van der Waals surface area contributed by atoms with Crippen LogP contribution in [0.3, 0.4) is 0 Å². The van der Waals surface area contributed by atoms with Crippen LogP contribution in [-0.4, -0.2) is 23.5 Å². The number of carbonyl (C=O) groups excluding carboxylic acids is 1. The highest BCUT2D eigenvalue weighted by Crippen LogP contribution is 2.37. The molecule has 1 aliphatic rings. The SMILES string of the molecule is O=C(NCC1(C(=O)O)CCCC1)c1cccc(Cl)c1. The van der Waals surface area contributed by atoms with E-state index in [4.69, 9.17) is 11.6 Å². The summed E-state index contributed by atoms with van der Waals surface area (Å²) in [5, 5.41) is 12.5. The lowest BCUT2D eigenvalue weighted by molar-refractivity contribution is -0.148. The van der Waals surface area contributed by atoms with Crippen LogP contribution in [0.15, 0.2) is 24.3 Å². The first kappa shape index (κ1) is 13.9. The van der Waals surface area contributed by atoms with Gasteiger partial charge in [0, 0.05) is 17.1 Å². The lowest BCUT2D eigenvalue weighted by Crippen LogP contribution is -2.41. The number of rotatable bonds is 4. The van der Waals surface area contributed by atoms with E-state index in [1.54, 1.807) is 24.3 Å². The minimum Gasteiger partial charge on any atom is -0.481 e. The fourth-order valence-electron chi connectivity index (χ4n) is 2.50. The Morgan fingerprint density at radius 1 is 1.32 bits per heavy atom. The van der Waals surface area contributed by atoms with Gasteiger partial charge < -0.3 is 10.4 Å². The molecule has 1 amide bonds. The van der Waals surface area contributed by atoms with Crippen molar-refractivity contribution in [1.82, 2.24) is 5.32 Å². The Kier molecular flexibility index (Phi) is 4.10. The number of amides is 1. The van der Waals surface area contributed by atoms with Crippen molar-refractivity contribution in [1.29, 1.82) is 0 Å². The molecule has 2 rings (SSSR count). The van der Waals surface area contributed by atoms with Crippen LogP contribution in [0.25, 0.3) is 0 Å². The van der Waals surface area contributed by atoms with Crippen LogP contribution in [0.2, 0.25) is 5.02 Å². The maximum Gasteiger partial charge on any atom is 0.311 e. The third-order valence-electron chi connectivity index (χ3n) is 3.69. The highest BCUT2D eigenvalue weighted by Gasteiger charge is 2.41. The van der Waals surface area contributed by atoms with E-state index in [1.165, 1.54) is 0 Å². The van der Waals surface area contributed by atoms with Gasteiger partial charge in [-0.2, -0.15) is 0 Å². The monoisotopic (exact) mass is 281 g/mol. The van der Waals surface area contributed by atoms with E-state index in [-0.39, 0.29) is 12.5 Å². The molecule has 1 aromatic carbocycles. The van der Waals surface area contributed by atoms with Crippen molar-refractivity contribution in [3.05, 3.63) is 34.9 Å². The van der Waals surface area contributed by atoms with Gasteiger partial charge in [0.2, 0.25) is 0 Å². The molecule has 1 fully saturated rings. The van der Waals surface area contributed by atoms with E-state index in [2.05, 4.69) is 5.32 Å². The van der Waals surface area contributed by atoms with Crippen LogP contribution in [0, 0.1) is 5.41 Å². The van der Waals surface area contributed by atoms with E-state index in [1.807, 2.05) is 0 Å². The average Bonchev–Trinajstić information content (AvgIpc) is 2.86. The molecule has 2 N–H and O–H groups in total. The fourth-order valence-corrected chi connectivity index (χ4v) is 2.69. The third-order valence-corrected chi connectivity index (χ3v) is 3.92. The van der Waals surface area contributed by atoms with Crippen molar-refractivity contribution >= 4 is 23.5 Å². The Morgan fingerprint density at radius 2 is 2.00 bits per heavy atom. The van der Waals surface area contributed by atoms with E-state index < -0.39 is 11.4 Å². The summed E-state index contributed by atoms with van der Waals surface area (Å²) in [5.41, 5.74) is -0.347. The van der Waals surface area contributed by atoms with Gasteiger partial charge in [0.25, 0.3) is 5.91 Å². The minimum atomic E-state index is -0.823. The summed E-state index contributed by atoms with van der Waals surface area (Å²) in [6, 6.07) is 6.61. The fraction of sp³-hybridized carbons (Fsp3) is 0.429. The Morgan fingerprint density at radius 3 is 2.58 bits per heavy atom. The number of hydrogen-bond acceptors (Lipinski definition) is 2.